The summed E-state index contributed by atoms with van der Waals surface area (Å²) in [5, 5.41) is 17.3. The molecule has 1 aromatic rings. The molecule has 1 aromatic carbocycles. The molecular formula is C12H12O6. The highest BCUT2D eigenvalue weighted by Crippen LogP contribution is 2.29. The molecule has 96 valence electrons. The van der Waals surface area contributed by atoms with Gasteiger partial charge in [-0.15, -0.1) is 0 Å². The Hall–Kier alpha value is -2.50. The predicted octanol–water partition coefficient (Wildman–Crippen LogP) is 1.44. The molecule has 0 amide bonds. The fourth-order valence-electron chi connectivity index (χ4n) is 1.22. The fourth-order valence-corrected chi connectivity index (χ4v) is 1.22. The van der Waals surface area contributed by atoms with E-state index in [0.29, 0.717) is 11.8 Å². The van der Waals surface area contributed by atoms with Crippen LogP contribution in [-0.4, -0.2) is 29.3 Å². The maximum atomic E-state index is 10.8. The molecule has 2 N–H and O–H groups in total. The minimum atomic E-state index is -1.47. The van der Waals surface area contributed by atoms with Gasteiger partial charge in [-0.05, 0) is 24.6 Å². The maximum absolute atomic E-state index is 10.8. The third-order valence-corrected chi connectivity index (χ3v) is 2.00. The summed E-state index contributed by atoms with van der Waals surface area (Å²) in [5.74, 6) is -3.10. The van der Waals surface area contributed by atoms with Crippen molar-refractivity contribution >= 4 is 11.9 Å². The summed E-state index contributed by atoms with van der Waals surface area (Å²) in [6, 6.07) is 4.85. The van der Waals surface area contributed by atoms with Crippen LogP contribution in [0, 0.1) is 6.92 Å². The van der Waals surface area contributed by atoms with Crippen molar-refractivity contribution in [2.75, 3.05) is 7.11 Å². The summed E-state index contributed by atoms with van der Waals surface area (Å²) in [4.78, 5) is 21.3. The Morgan fingerprint density at radius 2 is 1.89 bits per heavy atom. The molecular weight excluding hydrogens is 240 g/mol. The van der Waals surface area contributed by atoms with Crippen molar-refractivity contribution in [1.82, 2.24) is 0 Å². The van der Waals surface area contributed by atoms with Gasteiger partial charge in [0.15, 0.2) is 11.5 Å². The molecule has 1 rings (SSSR count). The van der Waals surface area contributed by atoms with Gasteiger partial charge < -0.3 is 19.7 Å². The van der Waals surface area contributed by atoms with E-state index in [-0.39, 0.29) is 5.75 Å². The van der Waals surface area contributed by atoms with E-state index < -0.39 is 17.7 Å². The number of hydrogen-bond donors (Lipinski definition) is 2. The molecule has 0 aliphatic rings. The van der Waals surface area contributed by atoms with Gasteiger partial charge in [0, 0.05) is 0 Å². The standard InChI is InChI=1S/C12H12O6/c1-7-3-4-8(9(5-7)17-2)18-10(12(15)16)6-11(13)14/h3-6H,1-2H3,(H,13,14)(H,15,16). The third kappa shape index (κ3) is 3.51. The van der Waals surface area contributed by atoms with Crippen LogP contribution in [0.15, 0.2) is 30.0 Å². The Morgan fingerprint density at radius 3 is 2.39 bits per heavy atom. The Balaban J connectivity index is 3.08. The first kappa shape index (κ1) is 13.6. The first-order valence-corrected chi connectivity index (χ1v) is 4.94. The lowest BCUT2D eigenvalue weighted by Gasteiger charge is -2.10. The second kappa shape index (κ2) is 5.72. The average molecular weight is 252 g/mol. The zero-order chi connectivity index (χ0) is 13.7. The van der Waals surface area contributed by atoms with E-state index in [9.17, 15) is 9.59 Å². The smallest absolute Gasteiger partial charge is 0.372 e. The van der Waals surface area contributed by atoms with Gasteiger partial charge >= 0.3 is 11.9 Å². The van der Waals surface area contributed by atoms with Crippen LogP contribution in [0.2, 0.25) is 0 Å². The van der Waals surface area contributed by atoms with Crippen LogP contribution >= 0.6 is 0 Å². The molecule has 6 nitrogen and oxygen atoms in total. The number of ether oxygens (including phenoxy) is 2. The monoisotopic (exact) mass is 252 g/mol. The highest BCUT2D eigenvalue weighted by atomic mass is 16.5. The average Bonchev–Trinajstić information content (AvgIpc) is 2.29. The molecule has 0 atom stereocenters. The zero-order valence-corrected chi connectivity index (χ0v) is 9.84. The third-order valence-electron chi connectivity index (χ3n) is 2.00. The number of aryl methyl sites for hydroxylation is 1. The molecule has 0 aromatic heterocycles. The molecule has 0 saturated carbocycles. The Bertz CT molecular complexity index is 503. The van der Waals surface area contributed by atoms with Crippen LogP contribution < -0.4 is 9.47 Å². The number of aliphatic carboxylic acids is 2. The first-order valence-electron chi connectivity index (χ1n) is 4.94. The highest BCUT2D eigenvalue weighted by Gasteiger charge is 2.15. The van der Waals surface area contributed by atoms with Gasteiger partial charge in [0.2, 0.25) is 5.76 Å². The maximum Gasteiger partial charge on any atom is 0.372 e. The molecule has 0 radical (unpaired) electrons. The first-order chi connectivity index (χ1) is 8.43. The number of carboxylic acids is 2. The predicted molar refractivity (Wildman–Crippen MR) is 61.7 cm³/mol. The van der Waals surface area contributed by atoms with Gasteiger partial charge in [-0.25, -0.2) is 9.59 Å². The quantitative estimate of drug-likeness (QED) is 0.608. The van der Waals surface area contributed by atoms with Gasteiger partial charge in [-0.3, -0.25) is 0 Å². The van der Waals surface area contributed by atoms with Gasteiger partial charge in [0.05, 0.1) is 13.2 Å². The summed E-state index contributed by atoms with van der Waals surface area (Å²) in [6.45, 7) is 1.83. The lowest BCUT2D eigenvalue weighted by molar-refractivity contribution is -0.137. The van der Waals surface area contributed by atoms with Crippen molar-refractivity contribution in [2.24, 2.45) is 0 Å². The van der Waals surface area contributed by atoms with E-state index in [1.165, 1.54) is 13.2 Å². The topological polar surface area (TPSA) is 93.1 Å². The van der Waals surface area contributed by atoms with E-state index >= 15 is 0 Å². The van der Waals surface area contributed by atoms with Gasteiger partial charge in [-0.2, -0.15) is 0 Å². The Morgan fingerprint density at radius 1 is 1.22 bits per heavy atom. The number of hydrogen-bond acceptors (Lipinski definition) is 4. The SMILES string of the molecule is COc1cc(C)ccc1OC(=CC(=O)O)C(=O)O. The van der Waals surface area contributed by atoms with Gasteiger partial charge in [-0.1, -0.05) is 6.07 Å². The van der Waals surface area contributed by atoms with Crippen LogP contribution in [0.25, 0.3) is 0 Å². The second-order valence-electron chi connectivity index (χ2n) is 3.41. The largest absolute Gasteiger partial charge is 0.493 e. The van der Waals surface area contributed by atoms with Crippen LogP contribution in [0.3, 0.4) is 0 Å². The van der Waals surface area contributed by atoms with Crippen LogP contribution in [-0.2, 0) is 9.59 Å². The number of carboxylic acid groups (broad SMARTS) is 2. The van der Waals surface area contributed by atoms with Crippen molar-refractivity contribution in [3.8, 4) is 11.5 Å². The number of carbonyl (C=O) groups is 2. The fraction of sp³-hybridized carbons (Fsp3) is 0.167. The molecule has 0 unspecified atom stereocenters. The molecule has 0 aliphatic heterocycles. The summed E-state index contributed by atoms with van der Waals surface area (Å²) in [6.07, 6.45) is 0.474. The highest BCUT2D eigenvalue weighted by molar-refractivity contribution is 5.93. The molecule has 0 fully saturated rings. The molecule has 0 saturated heterocycles. The minimum Gasteiger partial charge on any atom is -0.493 e. The number of rotatable bonds is 5. The second-order valence-corrected chi connectivity index (χ2v) is 3.41. The van der Waals surface area contributed by atoms with Crippen molar-refractivity contribution in [1.29, 1.82) is 0 Å². The number of methoxy groups -OCH3 is 1. The summed E-state index contributed by atoms with van der Waals surface area (Å²) >= 11 is 0. The van der Waals surface area contributed by atoms with Gasteiger partial charge in [0.1, 0.15) is 0 Å². The molecule has 6 heteroatoms. The van der Waals surface area contributed by atoms with Crippen LogP contribution in [0.1, 0.15) is 5.56 Å². The molecule has 0 aliphatic carbocycles. The van der Waals surface area contributed by atoms with Crippen LogP contribution in [0.4, 0.5) is 0 Å². The van der Waals surface area contributed by atoms with Crippen molar-refractivity contribution < 1.29 is 29.3 Å². The molecule has 0 heterocycles. The van der Waals surface area contributed by atoms with E-state index in [1.54, 1.807) is 12.1 Å². The normalized spacial score (nSPS) is 10.9. The lowest BCUT2D eigenvalue weighted by atomic mass is 10.2. The lowest BCUT2D eigenvalue weighted by Crippen LogP contribution is -2.10. The van der Waals surface area contributed by atoms with E-state index in [0.717, 1.165) is 5.56 Å². The zero-order valence-electron chi connectivity index (χ0n) is 9.84. The van der Waals surface area contributed by atoms with E-state index in [2.05, 4.69) is 0 Å². The van der Waals surface area contributed by atoms with Crippen molar-refractivity contribution in [3.05, 3.63) is 35.6 Å². The Labute approximate surface area is 103 Å². The van der Waals surface area contributed by atoms with Gasteiger partial charge in [0.25, 0.3) is 0 Å². The van der Waals surface area contributed by atoms with Crippen LogP contribution in [0.5, 0.6) is 11.5 Å². The van der Waals surface area contributed by atoms with Crippen molar-refractivity contribution in [2.45, 2.75) is 6.92 Å². The molecule has 18 heavy (non-hydrogen) atoms. The molecule has 0 spiro atoms. The van der Waals surface area contributed by atoms with E-state index in [4.69, 9.17) is 19.7 Å². The van der Waals surface area contributed by atoms with E-state index in [1.807, 2.05) is 6.92 Å². The minimum absolute atomic E-state index is 0.137. The number of benzene rings is 1. The summed E-state index contributed by atoms with van der Waals surface area (Å²) < 4.78 is 10.0. The Kier molecular flexibility index (Phi) is 4.31. The summed E-state index contributed by atoms with van der Waals surface area (Å²) in [5.41, 5.74) is 0.901. The molecule has 0 bridgehead atoms. The summed E-state index contributed by atoms with van der Waals surface area (Å²) in [7, 11) is 1.41. The van der Waals surface area contributed by atoms with Crippen molar-refractivity contribution in [3.63, 3.8) is 0 Å².